The number of rotatable bonds is 4. The zero-order chi connectivity index (χ0) is 12.5. The van der Waals surface area contributed by atoms with Crippen LogP contribution < -0.4 is 5.32 Å². The highest BCUT2D eigenvalue weighted by Crippen LogP contribution is 2.32. The van der Waals surface area contributed by atoms with Gasteiger partial charge in [-0.15, -0.1) is 0 Å². The first kappa shape index (κ1) is 12.7. The number of hydrogen-bond donors (Lipinski definition) is 2. The van der Waals surface area contributed by atoms with Gasteiger partial charge in [-0.1, -0.05) is 29.3 Å². The van der Waals surface area contributed by atoms with Crippen LogP contribution in [0.2, 0.25) is 10.0 Å². The molecule has 0 atom stereocenters. The average Bonchev–Trinajstić information content (AvgIpc) is 2.21. The van der Waals surface area contributed by atoms with Crippen LogP contribution in [0.25, 0.3) is 0 Å². The molecule has 0 saturated heterocycles. The first-order valence-electron chi connectivity index (χ1n) is 5.46. The molecular weight excluding hydrogens is 261 g/mol. The van der Waals surface area contributed by atoms with E-state index in [0.29, 0.717) is 29.4 Å². The highest BCUT2D eigenvalue weighted by atomic mass is 35.5. The standard InChI is InChI=1S/C12H13Cl2NO2/c13-9-3-2-8(6-10(9)14)7-15-12(11(16)17)4-1-5-12/h2-3,6,15H,1,4-5,7H2,(H,16,17). The third-order valence-electron chi connectivity index (χ3n) is 3.23. The molecule has 0 aliphatic heterocycles. The van der Waals surface area contributed by atoms with Crippen LogP contribution in [0, 0.1) is 0 Å². The van der Waals surface area contributed by atoms with Crippen LogP contribution in [0.4, 0.5) is 0 Å². The lowest BCUT2D eigenvalue weighted by Gasteiger charge is -2.38. The van der Waals surface area contributed by atoms with Crippen molar-refractivity contribution in [1.29, 1.82) is 0 Å². The SMILES string of the molecule is O=C(O)C1(NCc2ccc(Cl)c(Cl)c2)CCC1. The molecule has 2 rings (SSSR count). The van der Waals surface area contributed by atoms with Crippen molar-refractivity contribution in [2.24, 2.45) is 0 Å². The van der Waals surface area contributed by atoms with Crippen LogP contribution in [-0.4, -0.2) is 16.6 Å². The van der Waals surface area contributed by atoms with E-state index in [2.05, 4.69) is 5.32 Å². The van der Waals surface area contributed by atoms with E-state index in [-0.39, 0.29) is 0 Å². The maximum Gasteiger partial charge on any atom is 0.323 e. The summed E-state index contributed by atoms with van der Waals surface area (Å²) in [6.07, 6.45) is 2.33. The fraction of sp³-hybridized carbons (Fsp3) is 0.417. The number of carbonyl (C=O) groups is 1. The number of carboxylic acid groups (broad SMARTS) is 1. The molecule has 0 amide bonds. The largest absolute Gasteiger partial charge is 0.480 e. The van der Waals surface area contributed by atoms with Gasteiger partial charge < -0.3 is 5.11 Å². The topological polar surface area (TPSA) is 49.3 Å². The Morgan fingerprint density at radius 2 is 2.06 bits per heavy atom. The summed E-state index contributed by atoms with van der Waals surface area (Å²) in [5, 5.41) is 13.2. The third-order valence-corrected chi connectivity index (χ3v) is 3.97. The van der Waals surface area contributed by atoms with Gasteiger partial charge in [0.25, 0.3) is 0 Å². The van der Waals surface area contributed by atoms with Crippen molar-refractivity contribution in [1.82, 2.24) is 5.32 Å². The van der Waals surface area contributed by atoms with Crippen LogP contribution in [0.15, 0.2) is 18.2 Å². The summed E-state index contributed by atoms with van der Waals surface area (Å²) in [5.74, 6) is -0.774. The molecule has 1 aliphatic rings. The summed E-state index contributed by atoms with van der Waals surface area (Å²) in [5.41, 5.74) is 0.193. The Morgan fingerprint density at radius 1 is 1.35 bits per heavy atom. The molecule has 0 bridgehead atoms. The Kier molecular flexibility index (Phi) is 3.61. The number of aliphatic carboxylic acids is 1. The highest BCUT2D eigenvalue weighted by molar-refractivity contribution is 6.42. The van der Waals surface area contributed by atoms with Crippen LogP contribution in [0.5, 0.6) is 0 Å². The van der Waals surface area contributed by atoms with E-state index in [9.17, 15) is 4.79 Å². The predicted molar refractivity (Wildman–Crippen MR) is 67.5 cm³/mol. The van der Waals surface area contributed by atoms with Gasteiger partial charge in [-0.05, 0) is 37.0 Å². The molecule has 0 aromatic heterocycles. The van der Waals surface area contributed by atoms with E-state index in [1.54, 1.807) is 12.1 Å². The van der Waals surface area contributed by atoms with Crippen molar-refractivity contribution < 1.29 is 9.90 Å². The van der Waals surface area contributed by atoms with Gasteiger partial charge in [0.05, 0.1) is 10.0 Å². The molecule has 1 aromatic carbocycles. The summed E-state index contributed by atoms with van der Waals surface area (Å²) in [7, 11) is 0. The summed E-state index contributed by atoms with van der Waals surface area (Å²) in [6.45, 7) is 0.489. The minimum Gasteiger partial charge on any atom is -0.480 e. The smallest absolute Gasteiger partial charge is 0.323 e. The molecule has 2 N–H and O–H groups in total. The second kappa shape index (κ2) is 4.84. The molecule has 3 nitrogen and oxygen atoms in total. The molecule has 0 heterocycles. The molecule has 92 valence electrons. The van der Waals surface area contributed by atoms with Gasteiger partial charge in [-0.3, -0.25) is 10.1 Å². The first-order valence-corrected chi connectivity index (χ1v) is 6.21. The van der Waals surface area contributed by atoms with Crippen molar-refractivity contribution in [3.05, 3.63) is 33.8 Å². The Bertz CT molecular complexity index is 444. The van der Waals surface area contributed by atoms with Crippen LogP contribution in [0.1, 0.15) is 24.8 Å². The van der Waals surface area contributed by atoms with Crippen molar-refractivity contribution in [3.8, 4) is 0 Å². The average molecular weight is 274 g/mol. The first-order chi connectivity index (χ1) is 8.03. The van der Waals surface area contributed by atoms with Crippen LogP contribution in [-0.2, 0) is 11.3 Å². The molecule has 0 unspecified atom stereocenters. The molecule has 1 saturated carbocycles. The summed E-state index contributed by atoms with van der Waals surface area (Å²) in [4.78, 5) is 11.1. The van der Waals surface area contributed by atoms with E-state index < -0.39 is 11.5 Å². The van der Waals surface area contributed by atoms with Gasteiger partial charge in [-0.2, -0.15) is 0 Å². The number of halogens is 2. The van der Waals surface area contributed by atoms with Crippen molar-refractivity contribution in [2.45, 2.75) is 31.3 Å². The van der Waals surface area contributed by atoms with Gasteiger partial charge in [0.2, 0.25) is 0 Å². The van der Waals surface area contributed by atoms with Gasteiger partial charge in [0.1, 0.15) is 5.54 Å². The van der Waals surface area contributed by atoms with Gasteiger partial charge in [-0.25, -0.2) is 0 Å². The fourth-order valence-electron chi connectivity index (χ4n) is 1.92. The molecule has 5 heteroatoms. The normalized spacial score (nSPS) is 17.5. The Balaban J connectivity index is 2.02. The maximum absolute atomic E-state index is 11.1. The summed E-state index contributed by atoms with van der Waals surface area (Å²) >= 11 is 11.7. The lowest BCUT2D eigenvalue weighted by Crippen LogP contribution is -2.56. The van der Waals surface area contributed by atoms with Crippen molar-refractivity contribution in [2.75, 3.05) is 0 Å². The number of hydrogen-bond acceptors (Lipinski definition) is 2. The maximum atomic E-state index is 11.1. The lowest BCUT2D eigenvalue weighted by molar-refractivity contribution is -0.148. The molecular formula is C12H13Cl2NO2. The van der Waals surface area contributed by atoms with E-state index >= 15 is 0 Å². The molecule has 0 spiro atoms. The van der Waals surface area contributed by atoms with Gasteiger partial charge in [0.15, 0.2) is 0 Å². The zero-order valence-electron chi connectivity index (χ0n) is 9.17. The van der Waals surface area contributed by atoms with Crippen molar-refractivity contribution >= 4 is 29.2 Å². The number of nitrogens with one attached hydrogen (secondary N) is 1. The molecule has 0 radical (unpaired) electrons. The van der Waals surface area contributed by atoms with Gasteiger partial charge >= 0.3 is 5.97 Å². The van der Waals surface area contributed by atoms with E-state index in [0.717, 1.165) is 12.0 Å². The van der Waals surface area contributed by atoms with Crippen LogP contribution in [0.3, 0.4) is 0 Å². The lowest BCUT2D eigenvalue weighted by atomic mass is 9.76. The monoisotopic (exact) mass is 273 g/mol. The van der Waals surface area contributed by atoms with E-state index in [1.165, 1.54) is 0 Å². The quantitative estimate of drug-likeness (QED) is 0.887. The summed E-state index contributed by atoms with van der Waals surface area (Å²) in [6, 6.07) is 5.32. The highest BCUT2D eigenvalue weighted by Gasteiger charge is 2.43. The zero-order valence-corrected chi connectivity index (χ0v) is 10.7. The fourth-order valence-corrected chi connectivity index (χ4v) is 2.24. The molecule has 1 aliphatic carbocycles. The number of carboxylic acids is 1. The minimum atomic E-state index is -0.774. The second-order valence-electron chi connectivity index (χ2n) is 4.34. The third kappa shape index (κ3) is 2.57. The minimum absolute atomic E-state index is 0.489. The Labute approximate surface area is 110 Å². The molecule has 17 heavy (non-hydrogen) atoms. The van der Waals surface area contributed by atoms with E-state index in [1.807, 2.05) is 6.07 Å². The Hall–Kier alpha value is -0.770. The summed E-state index contributed by atoms with van der Waals surface area (Å²) < 4.78 is 0. The van der Waals surface area contributed by atoms with Gasteiger partial charge in [0, 0.05) is 6.54 Å². The van der Waals surface area contributed by atoms with Crippen molar-refractivity contribution in [3.63, 3.8) is 0 Å². The molecule has 1 aromatic rings. The van der Waals surface area contributed by atoms with E-state index in [4.69, 9.17) is 28.3 Å². The van der Waals surface area contributed by atoms with Crippen LogP contribution >= 0.6 is 23.2 Å². The number of benzene rings is 1. The Morgan fingerprint density at radius 3 is 2.53 bits per heavy atom. The predicted octanol–water partition coefficient (Wildman–Crippen LogP) is 3.09. The second-order valence-corrected chi connectivity index (χ2v) is 5.16. The molecule has 1 fully saturated rings.